The Balaban J connectivity index is 2.97. The van der Waals surface area contributed by atoms with Gasteiger partial charge in [0.2, 0.25) is 10.0 Å². The molecule has 20 heavy (non-hydrogen) atoms. The van der Waals surface area contributed by atoms with E-state index < -0.39 is 38.6 Å². The summed E-state index contributed by atoms with van der Waals surface area (Å²) in [5.74, 6) is -3.38. The van der Waals surface area contributed by atoms with E-state index in [0.717, 1.165) is 6.07 Å². The summed E-state index contributed by atoms with van der Waals surface area (Å²) in [6, 6.07) is 0.724. The molecule has 0 bridgehead atoms. The van der Waals surface area contributed by atoms with Crippen LogP contribution in [0, 0.1) is 11.6 Å². The molecule has 0 aliphatic rings. The zero-order valence-electron chi connectivity index (χ0n) is 10.5. The predicted molar refractivity (Wildman–Crippen MR) is 71.1 cm³/mol. The molecule has 0 saturated carbocycles. The summed E-state index contributed by atoms with van der Waals surface area (Å²) in [6.45, 7) is 0. The van der Waals surface area contributed by atoms with E-state index in [1.54, 1.807) is 6.26 Å². The van der Waals surface area contributed by atoms with E-state index in [0.29, 0.717) is 17.9 Å². The number of aliphatic carboxylic acids is 1. The third-order valence-corrected chi connectivity index (χ3v) is 4.52. The number of carboxylic acids is 1. The Morgan fingerprint density at radius 3 is 2.55 bits per heavy atom. The Morgan fingerprint density at radius 1 is 1.40 bits per heavy atom. The van der Waals surface area contributed by atoms with Gasteiger partial charge in [-0.2, -0.15) is 16.5 Å². The van der Waals surface area contributed by atoms with Gasteiger partial charge in [0.1, 0.15) is 6.04 Å². The average molecular weight is 325 g/mol. The Morgan fingerprint density at radius 2 is 2.05 bits per heavy atom. The number of thioether (sulfide) groups is 1. The summed E-state index contributed by atoms with van der Waals surface area (Å²) in [7, 11) is -4.22. The van der Waals surface area contributed by atoms with Crippen molar-refractivity contribution in [3.05, 3.63) is 29.8 Å². The largest absolute Gasteiger partial charge is 0.480 e. The van der Waals surface area contributed by atoms with Crippen LogP contribution in [-0.4, -0.2) is 37.5 Å². The maximum Gasteiger partial charge on any atom is 0.321 e. The molecule has 0 radical (unpaired) electrons. The van der Waals surface area contributed by atoms with E-state index in [4.69, 9.17) is 5.11 Å². The lowest BCUT2D eigenvalue weighted by atomic mass is 10.2. The standard InChI is InChI=1S/C11H13F2NO4S2/c1-19-5-4-10(11(15)16)14-20(17,18)7-2-3-8(12)9(13)6-7/h2-3,6,10,14H,4-5H2,1H3,(H,15,16)/t10-/m0/s1. The second-order valence-electron chi connectivity index (χ2n) is 3.87. The highest BCUT2D eigenvalue weighted by Gasteiger charge is 2.25. The quantitative estimate of drug-likeness (QED) is 0.793. The van der Waals surface area contributed by atoms with Gasteiger partial charge in [0.25, 0.3) is 0 Å². The van der Waals surface area contributed by atoms with Crippen molar-refractivity contribution in [1.29, 1.82) is 0 Å². The van der Waals surface area contributed by atoms with Gasteiger partial charge < -0.3 is 5.11 Å². The van der Waals surface area contributed by atoms with Gasteiger partial charge in [-0.15, -0.1) is 0 Å². The van der Waals surface area contributed by atoms with Crippen LogP contribution in [0.25, 0.3) is 0 Å². The fourth-order valence-corrected chi connectivity index (χ4v) is 3.07. The summed E-state index contributed by atoms with van der Waals surface area (Å²) in [5.41, 5.74) is 0. The molecule has 2 N–H and O–H groups in total. The van der Waals surface area contributed by atoms with Crippen LogP contribution >= 0.6 is 11.8 Å². The van der Waals surface area contributed by atoms with Crippen LogP contribution in [0.3, 0.4) is 0 Å². The minimum absolute atomic E-state index is 0.0827. The van der Waals surface area contributed by atoms with Crippen LogP contribution < -0.4 is 4.72 Å². The third-order valence-electron chi connectivity index (χ3n) is 2.41. The molecule has 0 spiro atoms. The van der Waals surface area contributed by atoms with E-state index >= 15 is 0 Å². The van der Waals surface area contributed by atoms with Crippen molar-refractivity contribution < 1.29 is 27.1 Å². The molecule has 1 atom stereocenters. The first-order valence-electron chi connectivity index (χ1n) is 5.47. The molecular weight excluding hydrogens is 312 g/mol. The van der Waals surface area contributed by atoms with Gasteiger partial charge in [-0.1, -0.05) is 0 Å². The smallest absolute Gasteiger partial charge is 0.321 e. The number of carboxylic acid groups (broad SMARTS) is 1. The molecule has 0 aromatic heterocycles. The van der Waals surface area contributed by atoms with Crippen LogP contribution in [-0.2, 0) is 14.8 Å². The Kier molecular flexibility index (Phi) is 5.90. The normalized spacial score (nSPS) is 13.2. The molecule has 0 amide bonds. The first-order valence-corrected chi connectivity index (χ1v) is 8.34. The lowest BCUT2D eigenvalue weighted by Gasteiger charge is -2.14. The van der Waals surface area contributed by atoms with Crippen LogP contribution in [0.4, 0.5) is 8.78 Å². The summed E-state index contributed by atoms with van der Waals surface area (Å²) in [5, 5.41) is 8.94. The van der Waals surface area contributed by atoms with Gasteiger partial charge in [0.05, 0.1) is 4.90 Å². The van der Waals surface area contributed by atoms with E-state index in [2.05, 4.69) is 0 Å². The maximum absolute atomic E-state index is 13.0. The fourth-order valence-electron chi connectivity index (χ4n) is 1.37. The van der Waals surface area contributed by atoms with Crippen molar-refractivity contribution in [2.24, 2.45) is 0 Å². The van der Waals surface area contributed by atoms with Gasteiger partial charge in [-0.25, -0.2) is 17.2 Å². The highest BCUT2D eigenvalue weighted by Crippen LogP contribution is 2.15. The molecular formula is C11H13F2NO4S2. The summed E-state index contributed by atoms with van der Waals surface area (Å²) in [6.07, 6.45) is 1.84. The number of hydrogen-bond donors (Lipinski definition) is 2. The number of benzene rings is 1. The third kappa shape index (κ3) is 4.43. The molecule has 5 nitrogen and oxygen atoms in total. The highest BCUT2D eigenvalue weighted by atomic mass is 32.2. The van der Waals surface area contributed by atoms with Gasteiger partial charge in [-0.3, -0.25) is 4.79 Å². The molecule has 112 valence electrons. The number of rotatable bonds is 7. The monoisotopic (exact) mass is 325 g/mol. The minimum Gasteiger partial charge on any atom is -0.480 e. The summed E-state index contributed by atoms with van der Waals surface area (Å²) < 4.78 is 51.5. The Bertz CT molecular complexity index is 592. The lowest BCUT2D eigenvalue weighted by Crippen LogP contribution is -2.41. The van der Waals surface area contributed by atoms with Gasteiger partial charge in [0.15, 0.2) is 11.6 Å². The summed E-state index contributed by atoms with van der Waals surface area (Å²) >= 11 is 1.37. The van der Waals surface area contributed by atoms with Crippen molar-refractivity contribution in [3.63, 3.8) is 0 Å². The fraction of sp³-hybridized carbons (Fsp3) is 0.364. The number of nitrogens with one attached hydrogen (secondary N) is 1. The average Bonchev–Trinajstić information content (AvgIpc) is 2.37. The summed E-state index contributed by atoms with van der Waals surface area (Å²) in [4.78, 5) is 10.4. The molecule has 1 aromatic rings. The second kappa shape index (κ2) is 7.00. The number of halogens is 2. The topological polar surface area (TPSA) is 83.5 Å². The predicted octanol–water partition coefficient (Wildman–Crippen LogP) is 1.45. The van der Waals surface area contributed by atoms with Crippen molar-refractivity contribution in [3.8, 4) is 0 Å². The maximum atomic E-state index is 13.0. The SMILES string of the molecule is CSCC[C@H](NS(=O)(=O)c1ccc(F)c(F)c1)C(=O)O. The Hall–Kier alpha value is -1.19. The zero-order valence-corrected chi connectivity index (χ0v) is 12.1. The van der Waals surface area contributed by atoms with Crippen LogP contribution in [0.2, 0.25) is 0 Å². The lowest BCUT2D eigenvalue weighted by molar-refractivity contribution is -0.139. The van der Waals surface area contributed by atoms with Gasteiger partial charge >= 0.3 is 5.97 Å². The number of sulfonamides is 1. The number of carbonyl (C=O) groups is 1. The van der Waals surface area contributed by atoms with E-state index in [1.807, 2.05) is 4.72 Å². The second-order valence-corrected chi connectivity index (χ2v) is 6.57. The molecule has 0 aliphatic carbocycles. The number of hydrogen-bond acceptors (Lipinski definition) is 4. The molecule has 0 aliphatic heterocycles. The first-order chi connectivity index (χ1) is 9.27. The van der Waals surface area contributed by atoms with E-state index in [1.165, 1.54) is 11.8 Å². The molecule has 1 rings (SSSR count). The minimum atomic E-state index is -4.22. The molecule has 0 saturated heterocycles. The van der Waals surface area contributed by atoms with Gasteiger partial charge in [0, 0.05) is 0 Å². The van der Waals surface area contributed by atoms with Crippen LogP contribution in [0.1, 0.15) is 6.42 Å². The molecule has 0 unspecified atom stereocenters. The molecule has 9 heteroatoms. The van der Waals surface area contributed by atoms with Gasteiger partial charge in [-0.05, 0) is 36.6 Å². The van der Waals surface area contributed by atoms with Crippen molar-refractivity contribution >= 4 is 27.8 Å². The van der Waals surface area contributed by atoms with Crippen molar-refractivity contribution in [2.45, 2.75) is 17.4 Å². The first kappa shape index (κ1) is 16.9. The van der Waals surface area contributed by atoms with Crippen LogP contribution in [0.5, 0.6) is 0 Å². The van der Waals surface area contributed by atoms with Crippen LogP contribution in [0.15, 0.2) is 23.1 Å². The van der Waals surface area contributed by atoms with Crippen molar-refractivity contribution in [1.82, 2.24) is 4.72 Å². The van der Waals surface area contributed by atoms with Crippen molar-refractivity contribution in [2.75, 3.05) is 12.0 Å². The zero-order chi connectivity index (χ0) is 15.3. The molecule has 0 heterocycles. The Labute approximate surface area is 119 Å². The molecule has 1 aromatic carbocycles. The highest BCUT2D eigenvalue weighted by molar-refractivity contribution is 7.98. The van der Waals surface area contributed by atoms with E-state index in [-0.39, 0.29) is 6.42 Å². The molecule has 0 fully saturated rings. The van der Waals surface area contributed by atoms with E-state index in [9.17, 15) is 22.0 Å².